The predicted octanol–water partition coefficient (Wildman–Crippen LogP) is 2.57. The molecule has 30 heavy (non-hydrogen) atoms. The highest BCUT2D eigenvalue weighted by Crippen LogP contribution is 2.23. The zero-order valence-electron chi connectivity index (χ0n) is 17.3. The highest BCUT2D eigenvalue weighted by molar-refractivity contribution is 7.88. The van der Waals surface area contributed by atoms with E-state index in [1.165, 1.54) is 28.9 Å². The fraction of sp³-hybridized carbons (Fsp3) is 0.524. The Morgan fingerprint density at radius 2 is 1.67 bits per heavy atom. The molecule has 4 rings (SSSR count). The van der Waals surface area contributed by atoms with Crippen LogP contribution < -0.4 is 9.80 Å². The standard InChI is InChI=1S/C21H28FN5O2S/c1-17-14-20(24-21(23-17)26-8-3-2-4-9-26)25-10-12-27(13-11-25)30(28,29)16-18-6-5-7-19(22)15-18/h5-7,14-15H,2-4,8-13,16H2,1H3. The van der Waals surface area contributed by atoms with Crippen molar-refractivity contribution in [2.24, 2.45) is 0 Å². The van der Waals surface area contributed by atoms with Crippen LogP contribution in [0.15, 0.2) is 30.3 Å². The second kappa shape index (κ2) is 8.85. The number of halogens is 1. The summed E-state index contributed by atoms with van der Waals surface area (Å²) < 4.78 is 40.4. The molecule has 0 aliphatic carbocycles. The predicted molar refractivity (Wildman–Crippen MR) is 116 cm³/mol. The molecule has 1 aromatic carbocycles. The Morgan fingerprint density at radius 3 is 2.37 bits per heavy atom. The third-order valence-corrected chi connectivity index (χ3v) is 7.51. The minimum atomic E-state index is -3.49. The zero-order chi connectivity index (χ0) is 21.1. The van der Waals surface area contributed by atoms with Crippen LogP contribution in [-0.4, -0.2) is 62.0 Å². The number of piperazine rings is 1. The van der Waals surface area contributed by atoms with E-state index in [4.69, 9.17) is 4.98 Å². The second-order valence-electron chi connectivity index (χ2n) is 7.99. The van der Waals surface area contributed by atoms with Crippen molar-refractivity contribution in [3.8, 4) is 0 Å². The molecule has 2 aromatic rings. The SMILES string of the molecule is Cc1cc(N2CCN(S(=O)(=O)Cc3cccc(F)c3)CC2)nc(N2CCCCC2)n1. The van der Waals surface area contributed by atoms with Crippen LogP contribution in [0.4, 0.5) is 16.2 Å². The molecule has 0 N–H and O–H groups in total. The molecule has 0 atom stereocenters. The summed E-state index contributed by atoms with van der Waals surface area (Å²) in [4.78, 5) is 13.7. The van der Waals surface area contributed by atoms with Gasteiger partial charge in [0.15, 0.2) is 0 Å². The van der Waals surface area contributed by atoms with Crippen LogP contribution in [-0.2, 0) is 15.8 Å². The Bertz CT molecular complexity index is 987. The fourth-order valence-corrected chi connectivity index (χ4v) is 5.56. The molecular formula is C21H28FN5O2S. The third kappa shape index (κ3) is 4.89. The van der Waals surface area contributed by atoms with Gasteiger partial charge in [-0.1, -0.05) is 12.1 Å². The zero-order valence-corrected chi connectivity index (χ0v) is 18.1. The van der Waals surface area contributed by atoms with Crippen molar-refractivity contribution in [2.45, 2.75) is 31.9 Å². The Hall–Kier alpha value is -2.26. The van der Waals surface area contributed by atoms with Crippen molar-refractivity contribution in [3.63, 3.8) is 0 Å². The van der Waals surface area contributed by atoms with Gasteiger partial charge in [-0.2, -0.15) is 9.29 Å². The van der Waals surface area contributed by atoms with E-state index in [2.05, 4.69) is 14.8 Å². The van der Waals surface area contributed by atoms with Crippen molar-refractivity contribution in [1.29, 1.82) is 0 Å². The van der Waals surface area contributed by atoms with Gasteiger partial charge in [-0.15, -0.1) is 0 Å². The molecular weight excluding hydrogens is 405 g/mol. The summed E-state index contributed by atoms with van der Waals surface area (Å²) in [7, 11) is -3.49. The number of nitrogens with zero attached hydrogens (tertiary/aromatic N) is 5. The second-order valence-corrected chi connectivity index (χ2v) is 9.96. The maximum atomic E-state index is 13.4. The van der Waals surface area contributed by atoms with Gasteiger partial charge in [0.1, 0.15) is 11.6 Å². The average molecular weight is 434 g/mol. The molecule has 2 saturated heterocycles. The van der Waals surface area contributed by atoms with Crippen LogP contribution in [0, 0.1) is 12.7 Å². The lowest BCUT2D eigenvalue weighted by Crippen LogP contribution is -2.49. The summed E-state index contributed by atoms with van der Waals surface area (Å²) in [6.45, 7) is 5.85. The van der Waals surface area contributed by atoms with E-state index in [1.54, 1.807) is 6.07 Å². The molecule has 9 heteroatoms. The molecule has 2 aliphatic rings. The molecule has 0 unspecified atom stereocenters. The van der Waals surface area contributed by atoms with E-state index in [-0.39, 0.29) is 5.75 Å². The van der Waals surface area contributed by atoms with Gasteiger partial charge < -0.3 is 9.80 Å². The minimum absolute atomic E-state index is 0.184. The van der Waals surface area contributed by atoms with Gasteiger partial charge >= 0.3 is 0 Å². The molecule has 3 heterocycles. The molecule has 1 aromatic heterocycles. The highest BCUT2D eigenvalue weighted by atomic mass is 32.2. The number of benzene rings is 1. The largest absolute Gasteiger partial charge is 0.354 e. The summed E-state index contributed by atoms with van der Waals surface area (Å²) >= 11 is 0. The van der Waals surface area contributed by atoms with Crippen LogP contribution in [0.3, 0.4) is 0 Å². The van der Waals surface area contributed by atoms with Crippen molar-refractivity contribution in [1.82, 2.24) is 14.3 Å². The first-order valence-corrected chi connectivity index (χ1v) is 12.1. The molecule has 0 saturated carbocycles. The van der Waals surface area contributed by atoms with Crippen LogP contribution in [0.2, 0.25) is 0 Å². The third-order valence-electron chi connectivity index (χ3n) is 5.66. The van der Waals surface area contributed by atoms with E-state index >= 15 is 0 Å². The van der Waals surface area contributed by atoms with E-state index < -0.39 is 15.8 Å². The summed E-state index contributed by atoms with van der Waals surface area (Å²) in [5, 5.41) is 0. The molecule has 2 aliphatic heterocycles. The first kappa shape index (κ1) is 21.0. The molecule has 0 amide bonds. The smallest absolute Gasteiger partial charge is 0.227 e. The number of aryl methyl sites for hydroxylation is 1. The lowest BCUT2D eigenvalue weighted by Gasteiger charge is -2.35. The molecule has 2 fully saturated rings. The monoisotopic (exact) mass is 433 g/mol. The van der Waals surface area contributed by atoms with Crippen molar-refractivity contribution < 1.29 is 12.8 Å². The van der Waals surface area contributed by atoms with Crippen molar-refractivity contribution in [3.05, 3.63) is 47.4 Å². The number of hydrogen-bond acceptors (Lipinski definition) is 6. The lowest BCUT2D eigenvalue weighted by atomic mass is 10.1. The number of anilines is 2. The van der Waals surface area contributed by atoms with Gasteiger partial charge in [0.25, 0.3) is 0 Å². The van der Waals surface area contributed by atoms with Crippen LogP contribution >= 0.6 is 0 Å². The normalized spacial score (nSPS) is 18.6. The van der Waals surface area contributed by atoms with Gasteiger partial charge in [0.2, 0.25) is 16.0 Å². The average Bonchev–Trinajstić information content (AvgIpc) is 2.74. The molecule has 0 bridgehead atoms. The number of aromatic nitrogens is 2. The summed E-state index contributed by atoms with van der Waals surface area (Å²) in [6, 6.07) is 7.73. The first-order valence-electron chi connectivity index (χ1n) is 10.5. The van der Waals surface area contributed by atoms with E-state index in [1.807, 2.05) is 13.0 Å². The minimum Gasteiger partial charge on any atom is -0.354 e. The van der Waals surface area contributed by atoms with Crippen LogP contribution in [0.5, 0.6) is 0 Å². The summed E-state index contributed by atoms with van der Waals surface area (Å²) in [6.07, 6.45) is 3.57. The number of piperidine rings is 1. The van der Waals surface area contributed by atoms with Gasteiger partial charge in [-0.3, -0.25) is 0 Å². The Morgan fingerprint density at radius 1 is 0.933 bits per heavy atom. The quantitative estimate of drug-likeness (QED) is 0.722. The van der Waals surface area contributed by atoms with E-state index in [9.17, 15) is 12.8 Å². The first-order chi connectivity index (χ1) is 14.4. The fourth-order valence-electron chi connectivity index (χ4n) is 4.06. The summed E-state index contributed by atoms with van der Waals surface area (Å²) in [5.41, 5.74) is 1.39. The maximum absolute atomic E-state index is 13.4. The highest BCUT2D eigenvalue weighted by Gasteiger charge is 2.28. The van der Waals surface area contributed by atoms with Gasteiger partial charge in [0.05, 0.1) is 5.75 Å². The van der Waals surface area contributed by atoms with Gasteiger partial charge in [0, 0.05) is 51.0 Å². The number of rotatable bonds is 5. The Labute approximate surface area is 177 Å². The number of sulfonamides is 1. The summed E-state index contributed by atoms with van der Waals surface area (Å²) in [5.74, 6) is 1.02. The molecule has 162 valence electrons. The topological polar surface area (TPSA) is 69.6 Å². The molecule has 0 spiro atoms. The molecule has 0 radical (unpaired) electrons. The van der Waals surface area contributed by atoms with Crippen LogP contribution in [0.1, 0.15) is 30.5 Å². The maximum Gasteiger partial charge on any atom is 0.227 e. The molecule has 7 nitrogen and oxygen atoms in total. The Balaban J connectivity index is 1.42. The van der Waals surface area contributed by atoms with Crippen molar-refractivity contribution in [2.75, 3.05) is 49.1 Å². The van der Waals surface area contributed by atoms with Crippen molar-refractivity contribution >= 4 is 21.8 Å². The lowest BCUT2D eigenvalue weighted by molar-refractivity contribution is 0.383. The van der Waals surface area contributed by atoms with Gasteiger partial charge in [-0.05, 0) is 43.9 Å². The van der Waals surface area contributed by atoms with E-state index in [0.29, 0.717) is 31.7 Å². The van der Waals surface area contributed by atoms with E-state index in [0.717, 1.165) is 43.4 Å². The number of hydrogen-bond donors (Lipinski definition) is 0. The van der Waals surface area contributed by atoms with Crippen LogP contribution in [0.25, 0.3) is 0 Å². The Kier molecular flexibility index (Phi) is 6.19. The van der Waals surface area contributed by atoms with Gasteiger partial charge in [-0.25, -0.2) is 17.8 Å².